The fraction of sp³-hybridized carbons (Fsp3) is 0.276. The maximum absolute atomic E-state index is 13.8. The fourth-order valence-corrected chi connectivity index (χ4v) is 4.71. The van der Waals surface area contributed by atoms with E-state index in [9.17, 15) is 9.59 Å². The van der Waals surface area contributed by atoms with Crippen molar-refractivity contribution >= 4 is 34.3 Å². The molecule has 3 heterocycles. The second-order valence-electron chi connectivity index (χ2n) is 9.47. The average Bonchev–Trinajstić information content (AvgIpc) is 3.17. The van der Waals surface area contributed by atoms with Crippen LogP contribution in [0.4, 0.5) is 5.82 Å². The van der Waals surface area contributed by atoms with Gasteiger partial charge in [0.2, 0.25) is 5.76 Å². The smallest absolute Gasteiger partial charge is 0.296 e. The summed E-state index contributed by atoms with van der Waals surface area (Å²) in [7, 11) is 1.56. The number of benzene rings is 2. The first-order chi connectivity index (χ1) is 17.8. The summed E-state index contributed by atoms with van der Waals surface area (Å²) in [4.78, 5) is 33.6. The Morgan fingerprint density at radius 2 is 1.89 bits per heavy atom. The van der Waals surface area contributed by atoms with Gasteiger partial charge in [0.25, 0.3) is 5.91 Å². The van der Waals surface area contributed by atoms with E-state index in [1.165, 1.54) is 4.90 Å². The SMILES string of the molecule is COc1cc(C2c3c(oc4ccc(Cl)cc4c3=O)C(=O)N2c2cccc(C)n2)ccc1OCCC(C)C. The van der Waals surface area contributed by atoms with Gasteiger partial charge < -0.3 is 13.9 Å². The zero-order valence-electron chi connectivity index (χ0n) is 21.1. The van der Waals surface area contributed by atoms with E-state index in [0.29, 0.717) is 51.4 Å². The highest BCUT2D eigenvalue weighted by Crippen LogP contribution is 2.43. The molecule has 0 saturated heterocycles. The van der Waals surface area contributed by atoms with Crippen molar-refractivity contribution in [3.63, 3.8) is 0 Å². The molecule has 1 aliphatic heterocycles. The summed E-state index contributed by atoms with van der Waals surface area (Å²) in [5.74, 6) is 1.57. The van der Waals surface area contributed by atoms with Gasteiger partial charge in [-0.3, -0.25) is 14.5 Å². The standard InChI is InChI=1S/C29H27ClN2O5/c1-16(2)12-13-36-22-10-8-18(14-23(22)35-4)26-25-27(33)20-15-19(30)9-11-21(20)37-28(25)29(34)32(26)24-7-5-6-17(3)31-24/h5-11,14-16,26H,12-13H2,1-4H3. The molecular formula is C29H27ClN2O5. The zero-order valence-corrected chi connectivity index (χ0v) is 21.8. The first-order valence-electron chi connectivity index (χ1n) is 12.1. The van der Waals surface area contributed by atoms with Gasteiger partial charge in [0.15, 0.2) is 16.9 Å². The Kier molecular flexibility index (Phi) is 6.65. The third-order valence-corrected chi connectivity index (χ3v) is 6.64. The van der Waals surface area contributed by atoms with Crippen molar-refractivity contribution in [2.75, 3.05) is 18.6 Å². The quantitative estimate of drug-likeness (QED) is 0.284. The van der Waals surface area contributed by atoms with Crippen molar-refractivity contribution in [2.45, 2.75) is 33.2 Å². The largest absolute Gasteiger partial charge is 0.493 e. The first kappa shape index (κ1) is 24.8. The van der Waals surface area contributed by atoms with E-state index in [0.717, 1.165) is 12.1 Å². The predicted molar refractivity (Wildman–Crippen MR) is 143 cm³/mol. The number of fused-ring (bicyclic) bond motifs is 2. The molecule has 1 atom stereocenters. The lowest BCUT2D eigenvalue weighted by Gasteiger charge is -2.25. The summed E-state index contributed by atoms with van der Waals surface area (Å²) >= 11 is 6.19. The minimum absolute atomic E-state index is 0.00986. The Bertz CT molecular complexity index is 1560. The van der Waals surface area contributed by atoms with E-state index in [1.807, 2.05) is 25.1 Å². The number of hydrogen-bond donors (Lipinski definition) is 0. The van der Waals surface area contributed by atoms with Crippen molar-refractivity contribution in [2.24, 2.45) is 5.92 Å². The van der Waals surface area contributed by atoms with Crippen molar-refractivity contribution in [1.82, 2.24) is 4.98 Å². The molecule has 0 bridgehead atoms. The molecule has 0 fully saturated rings. The van der Waals surface area contributed by atoms with Crippen LogP contribution in [0.1, 0.15) is 53.7 Å². The number of ether oxygens (including phenoxy) is 2. The highest BCUT2D eigenvalue weighted by Gasteiger charge is 2.44. The maximum Gasteiger partial charge on any atom is 0.296 e. The van der Waals surface area contributed by atoms with Crippen molar-refractivity contribution in [1.29, 1.82) is 0 Å². The van der Waals surface area contributed by atoms with E-state index >= 15 is 0 Å². The van der Waals surface area contributed by atoms with Gasteiger partial charge in [-0.05, 0) is 67.3 Å². The molecule has 8 heteroatoms. The van der Waals surface area contributed by atoms with Crippen LogP contribution in [0.15, 0.2) is 63.8 Å². The minimum Gasteiger partial charge on any atom is -0.493 e. The summed E-state index contributed by atoms with van der Waals surface area (Å²) in [6.07, 6.45) is 0.902. The first-order valence-corrected chi connectivity index (χ1v) is 12.5. The Morgan fingerprint density at radius 1 is 1.08 bits per heavy atom. The fourth-order valence-electron chi connectivity index (χ4n) is 4.54. The van der Waals surface area contributed by atoms with Crippen LogP contribution in [-0.2, 0) is 0 Å². The zero-order chi connectivity index (χ0) is 26.3. The van der Waals surface area contributed by atoms with Gasteiger partial charge in [-0.1, -0.05) is 37.6 Å². The minimum atomic E-state index is -0.782. The molecule has 1 aliphatic rings. The summed E-state index contributed by atoms with van der Waals surface area (Å²) in [5.41, 5.74) is 1.62. The summed E-state index contributed by atoms with van der Waals surface area (Å²) in [5, 5.41) is 0.714. The number of halogens is 1. The van der Waals surface area contributed by atoms with Crippen LogP contribution >= 0.6 is 11.6 Å². The summed E-state index contributed by atoms with van der Waals surface area (Å²) in [6, 6.07) is 14.8. The van der Waals surface area contributed by atoms with Crippen molar-refractivity contribution in [3.05, 3.63) is 92.4 Å². The molecule has 5 rings (SSSR count). The number of aromatic nitrogens is 1. The van der Waals surface area contributed by atoms with Gasteiger partial charge in [-0.15, -0.1) is 0 Å². The van der Waals surface area contributed by atoms with Gasteiger partial charge in [0.05, 0.1) is 30.7 Å². The molecule has 190 valence electrons. The van der Waals surface area contributed by atoms with E-state index in [1.54, 1.807) is 43.5 Å². The maximum atomic E-state index is 13.8. The average molecular weight is 519 g/mol. The Morgan fingerprint density at radius 3 is 2.62 bits per heavy atom. The van der Waals surface area contributed by atoms with Gasteiger partial charge in [-0.2, -0.15) is 0 Å². The second kappa shape index (κ2) is 9.90. The lowest BCUT2D eigenvalue weighted by atomic mass is 9.98. The van der Waals surface area contributed by atoms with E-state index in [-0.39, 0.29) is 16.8 Å². The highest BCUT2D eigenvalue weighted by molar-refractivity contribution is 6.31. The summed E-state index contributed by atoms with van der Waals surface area (Å²) < 4.78 is 17.6. The molecule has 1 amide bonds. The van der Waals surface area contributed by atoms with Crippen LogP contribution in [0, 0.1) is 12.8 Å². The van der Waals surface area contributed by atoms with E-state index in [4.69, 9.17) is 25.5 Å². The van der Waals surface area contributed by atoms with Crippen LogP contribution in [-0.4, -0.2) is 24.6 Å². The van der Waals surface area contributed by atoms with Gasteiger partial charge in [0, 0.05) is 10.7 Å². The van der Waals surface area contributed by atoms with Crippen molar-refractivity contribution in [3.8, 4) is 11.5 Å². The van der Waals surface area contributed by atoms with Gasteiger partial charge in [0.1, 0.15) is 11.4 Å². The number of rotatable bonds is 7. The Labute approximate surface area is 219 Å². The van der Waals surface area contributed by atoms with Gasteiger partial charge in [-0.25, -0.2) is 4.98 Å². The molecule has 4 aromatic rings. The van der Waals surface area contributed by atoms with Crippen LogP contribution in [0.2, 0.25) is 5.02 Å². The number of pyridine rings is 1. The monoisotopic (exact) mass is 518 g/mol. The lowest BCUT2D eigenvalue weighted by Crippen LogP contribution is -2.30. The Hall–Kier alpha value is -3.84. The second-order valence-corrected chi connectivity index (χ2v) is 9.91. The summed E-state index contributed by atoms with van der Waals surface area (Å²) in [6.45, 7) is 6.66. The highest BCUT2D eigenvalue weighted by atomic mass is 35.5. The number of nitrogens with zero attached hydrogens (tertiary/aromatic N) is 2. The van der Waals surface area contributed by atoms with Crippen LogP contribution in [0.5, 0.6) is 11.5 Å². The normalized spacial score (nSPS) is 14.9. The topological polar surface area (TPSA) is 81.9 Å². The number of methoxy groups -OCH3 is 1. The molecule has 0 saturated carbocycles. The molecule has 1 unspecified atom stereocenters. The number of carbonyl (C=O) groups is 1. The molecule has 0 N–H and O–H groups in total. The third-order valence-electron chi connectivity index (χ3n) is 6.41. The number of carbonyl (C=O) groups excluding carboxylic acids is 1. The number of aryl methyl sites for hydroxylation is 1. The van der Waals surface area contributed by atoms with Crippen LogP contribution in [0.25, 0.3) is 11.0 Å². The predicted octanol–water partition coefficient (Wildman–Crippen LogP) is 6.33. The molecule has 0 aliphatic carbocycles. The number of amides is 1. The number of anilines is 1. The van der Waals surface area contributed by atoms with Crippen LogP contribution in [0.3, 0.4) is 0 Å². The molecule has 2 aromatic heterocycles. The molecule has 37 heavy (non-hydrogen) atoms. The lowest BCUT2D eigenvalue weighted by molar-refractivity contribution is 0.0970. The molecule has 7 nitrogen and oxygen atoms in total. The number of hydrogen-bond acceptors (Lipinski definition) is 6. The molecule has 0 spiro atoms. The third kappa shape index (κ3) is 4.55. The van der Waals surface area contributed by atoms with Crippen molar-refractivity contribution < 1.29 is 18.7 Å². The van der Waals surface area contributed by atoms with E-state index < -0.39 is 11.9 Å². The van der Waals surface area contributed by atoms with Crippen LogP contribution < -0.4 is 19.8 Å². The molecule has 0 radical (unpaired) electrons. The molecule has 2 aromatic carbocycles. The molecular weight excluding hydrogens is 492 g/mol. The van der Waals surface area contributed by atoms with E-state index in [2.05, 4.69) is 18.8 Å². The Balaban J connectivity index is 1.69. The van der Waals surface area contributed by atoms with Gasteiger partial charge >= 0.3 is 0 Å².